The van der Waals surface area contributed by atoms with Crippen molar-refractivity contribution in [2.45, 2.75) is 6.16 Å². The first-order chi connectivity index (χ1) is 2.21. The van der Waals surface area contributed by atoms with Crippen LogP contribution in [0.25, 0.3) is 0 Å². The van der Waals surface area contributed by atoms with Gasteiger partial charge in [0.1, 0.15) is 0 Å². The van der Waals surface area contributed by atoms with Crippen LogP contribution >= 0.6 is 0 Å². The first kappa shape index (κ1) is 11.4. The summed E-state index contributed by atoms with van der Waals surface area (Å²) in [6, 6.07) is 0. The second-order valence-corrected chi connectivity index (χ2v) is 0.691. The molecule has 0 aromatic heterocycles. The molecule has 0 atom stereocenters. The summed E-state index contributed by atoms with van der Waals surface area (Å²) in [6.07, 6.45) is -2.50. The van der Waals surface area contributed by atoms with E-state index in [4.69, 9.17) is 5.11 Å². The number of aliphatic hydroxyl groups is 1. The second-order valence-electron chi connectivity index (χ2n) is 0.691. The Balaban J connectivity index is 0. The van der Waals surface area contributed by atoms with Crippen molar-refractivity contribution < 1.29 is 49.5 Å². The fraction of sp³-hybridized carbons (Fsp3) is 1.00. The number of hydrogen-bond acceptors (Lipinski definition) is 4. The Bertz CT molecular complexity index is 49.7. The molecule has 0 aliphatic carbocycles. The zero-order chi connectivity index (χ0) is 3.91. The van der Waals surface area contributed by atoms with Crippen molar-refractivity contribution in [3.8, 4) is 0 Å². The molecule has 0 radical (unpaired) electrons. The van der Waals surface area contributed by atoms with Crippen LogP contribution in [0.5, 0.6) is 0 Å². The second kappa shape index (κ2) is 3.60. The molecule has 1 aliphatic rings. The summed E-state index contributed by atoms with van der Waals surface area (Å²) >= 11 is 0. The largest absolute Gasteiger partial charge is 1.00 e. The van der Waals surface area contributed by atoms with E-state index in [9.17, 15) is 5.11 Å². The average molecular weight is 126 g/mol. The van der Waals surface area contributed by atoms with E-state index in [2.05, 4.69) is 9.78 Å². The summed E-state index contributed by atoms with van der Waals surface area (Å²) in [5.41, 5.74) is 0. The third kappa shape index (κ3) is 5.48. The van der Waals surface area contributed by atoms with Crippen LogP contribution in [-0.2, 0) is 9.78 Å². The molecule has 0 saturated carbocycles. The maximum atomic E-state index is 9.33. The fourth-order valence-electron chi connectivity index (χ4n) is 0.0356. The van der Waals surface area contributed by atoms with Crippen molar-refractivity contribution in [3.05, 3.63) is 0 Å². The number of rotatable bonds is 0. The molecule has 0 spiro atoms. The van der Waals surface area contributed by atoms with Gasteiger partial charge in [0.25, 0.3) is 6.16 Å². The Morgan fingerprint density at radius 2 is 1.57 bits per heavy atom. The van der Waals surface area contributed by atoms with Crippen molar-refractivity contribution in [1.82, 2.24) is 0 Å². The molecule has 0 bridgehead atoms. The summed E-state index contributed by atoms with van der Waals surface area (Å²) in [5, 5.41) is 17.0. The van der Waals surface area contributed by atoms with Crippen LogP contribution < -0.4 is 34.7 Å². The van der Waals surface area contributed by atoms with Gasteiger partial charge in [-0.25, -0.2) is 0 Å². The predicted octanol–water partition coefficient (Wildman–Crippen LogP) is -6.00. The number of hydrogen-bond donors (Lipinski definition) is 1. The summed E-state index contributed by atoms with van der Waals surface area (Å²) in [5.74, 6) is 0. The molecule has 1 rings (SSSR count). The molecule has 6 heteroatoms. The Morgan fingerprint density at radius 3 is 1.57 bits per heavy atom. The molecule has 0 amide bonds. The molecule has 1 fully saturated rings. The van der Waals surface area contributed by atoms with Crippen LogP contribution in [0.3, 0.4) is 0 Å². The zero-order valence-corrected chi connectivity index (χ0v) is 5.17. The molecule has 0 aromatic rings. The quantitative estimate of drug-likeness (QED) is 0.152. The van der Waals surface area contributed by atoms with Crippen LogP contribution in [0.1, 0.15) is 0 Å². The van der Waals surface area contributed by atoms with Crippen molar-refractivity contribution in [3.63, 3.8) is 0 Å². The van der Waals surface area contributed by atoms with Gasteiger partial charge in [0.2, 0.25) is 0 Å². The van der Waals surface area contributed by atoms with Gasteiger partial charge in [-0.1, -0.05) is 0 Å². The Kier molecular flexibility index (Phi) is 5.86. The van der Waals surface area contributed by atoms with E-state index < -0.39 is 6.16 Å². The minimum absolute atomic E-state index is 0. The maximum Gasteiger partial charge on any atom is 1.00 e. The van der Waals surface area contributed by atoms with Gasteiger partial charge in [-0.15, -0.1) is 0 Å². The summed E-state index contributed by atoms with van der Waals surface area (Å²) in [4.78, 5) is 6.79. The molecule has 1 N–H and O–H groups in total. The summed E-state index contributed by atoms with van der Waals surface area (Å²) in [6.45, 7) is 0. The third-order valence-corrected chi connectivity index (χ3v) is 0.226. The van der Waals surface area contributed by atoms with Crippen molar-refractivity contribution in [2.75, 3.05) is 0 Å². The molecule has 0 aromatic carbocycles. The van der Waals surface area contributed by atoms with Crippen molar-refractivity contribution in [2.24, 2.45) is 0 Å². The van der Waals surface area contributed by atoms with Gasteiger partial charge in [0.15, 0.2) is 0 Å². The summed E-state index contributed by atoms with van der Waals surface area (Å²) < 4.78 is 0. The summed E-state index contributed by atoms with van der Waals surface area (Å²) in [7, 11) is 0. The van der Waals surface area contributed by atoms with E-state index in [0.29, 0.717) is 0 Å². The maximum absolute atomic E-state index is 9.33. The molecule has 7 heavy (non-hydrogen) atoms. The van der Waals surface area contributed by atoms with Crippen LogP contribution in [0, 0.1) is 0 Å². The molecule has 1 saturated heterocycles. The molecule has 34 valence electrons. The van der Waals surface area contributed by atoms with Crippen molar-refractivity contribution >= 4 is 23.1 Å². The van der Waals surface area contributed by atoms with Gasteiger partial charge >= 0.3 is 52.6 Å². The Morgan fingerprint density at radius 1 is 1.43 bits per heavy atom. The van der Waals surface area contributed by atoms with Gasteiger partial charge in [-0.05, 0) is 0 Å². The van der Waals surface area contributed by atoms with E-state index in [-0.39, 0.29) is 52.6 Å². The van der Waals surface area contributed by atoms with E-state index >= 15 is 0 Å². The first-order valence-electron chi connectivity index (χ1n) is 1.00. The van der Waals surface area contributed by atoms with Crippen molar-refractivity contribution in [1.29, 1.82) is 0 Å². The first-order valence-corrected chi connectivity index (χ1v) is 1.00. The SMILES string of the molecule is [MgH2].[Na+].[O-]C1(O)OO1. The van der Waals surface area contributed by atoms with Crippen LogP contribution in [0.4, 0.5) is 0 Å². The third-order valence-electron chi connectivity index (χ3n) is 0.226. The van der Waals surface area contributed by atoms with Gasteiger partial charge in [-0.2, -0.15) is 9.78 Å². The Hall–Kier alpha value is 1.61. The molecular weight excluding hydrogens is 123 g/mol. The van der Waals surface area contributed by atoms with E-state index in [1.165, 1.54) is 0 Å². The Labute approximate surface area is 78.2 Å². The fourth-order valence-corrected chi connectivity index (χ4v) is 0.0356. The molecule has 1 aliphatic heterocycles. The molecule has 1 heterocycles. The minimum Gasteiger partial charge on any atom is -0.778 e. The van der Waals surface area contributed by atoms with Gasteiger partial charge in [0, 0.05) is 0 Å². The monoisotopic (exact) mass is 126 g/mol. The normalized spacial score (nSPS) is 21.4. The standard InChI is InChI=1S/CHO4.Mg.Na.2H/c2-1(3)4-5-1;;;;/h2H;;;;/q-1;;+1;;. The van der Waals surface area contributed by atoms with Gasteiger partial charge < -0.3 is 10.2 Å². The average Bonchev–Trinajstić information content (AvgIpc) is 1.76. The van der Waals surface area contributed by atoms with Gasteiger partial charge in [-0.3, -0.25) is 0 Å². The van der Waals surface area contributed by atoms with Crippen LogP contribution in [-0.4, -0.2) is 34.3 Å². The van der Waals surface area contributed by atoms with E-state index in [1.807, 2.05) is 0 Å². The zero-order valence-electron chi connectivity index (χ0n) is 3.17. The van der Waals surface area contributed by atoms with Crippen LogP contribution in [0.2, 0.25) is 0 Å². The molecule has 4 nitrogen and oxygen atoms in total. The predicted molar refractivity (Wildman–Crippen MR) is 15.7 cm³/mol. The molecule has 0 unspecified atom stereocenters. The smallest absolute Gasteiger partial charge is 0.778 e. The van der Waals surface area contributed by atoms with Gasteiger partial charge in [0.05, 0.1) is 0 Å². The van der Waals surface area contributed by atoms with E-state index in [1.54, 1.807) is 0 Å². The topological polar surface area (TPSA) is 68.3 Å². The molecular formula is CH3MgNaO4. The minimum atomic E-state index is -2.50. The van der Waals surface area contributed by atoms with Crippen LogP contribution in [0.15, 0.2) is 0 Å². The van der Waals surface area contributed by atoms with E-state index in [0.717, 1.165) is 0 Å².